The van der Waals surface area contributed by atoms with Gasteiger partial charge in [-0.15, -0.1) is 11.8 Å². The Bertz CT molecular complexity index is 838. The molecule has 0 unspecified atom stereocenters. The van der Waals surface area contributed by atoms with E-state index in [0.717, 1.165) is 18.4 Å². The molecule has 1 aliphatic carbocycles. The maximum atomic E-state index is 12.3. The van der Waals surface area contributed by atoms with Crippen LogP contribution in [-0.4, -0.2) is 30.2 Å². The second-order valence-electron chi connectivity index (χ2n) is 7.03. The minimum Gasteiger partial charge on any atom is -0.490 e. The van der Waals surface area contributed by atoms with E-state index in [4.69, 9.17) is 4.74 Å². The normalized spacial score (nSPS) is 14.8. The Morgan fingerprint density at radius 3 is 2.61 bits per heavy atom. The standard InChI is InChI=1S/C21H24N2O4S/c1-27-19-9-8-16(12-18(19)23(25)26)13-28-14-20(24)22-15-21(10-5-11-21)17-6-3-2-4-7-17/h2-4,6-9,12H,5,10-11,13-15H2,1H3,(H,22,24). The monoisotopic (exact) mass is 400 g/mol. The third-order valence-electron chi connectivity index (χ3n) is 5.26. The highest BCUT2D eigenvalue weighted by molar-refractivity contribution is 7.99. The van der Waals surface area contributed by atoms with Crippen LogP contribution in [0.3, 0.4) is 0 Å². The molecule has 1 aliphatic rings. The molecule has 28 heavy (non-hydrogen) atoms. The quantitative estimate of drug-likeness (QED) is 0.507. The van der Waals surface area contributed by atoms with E-state index in [9.17, 15) is 14.9 Å². The molecule has 7 heteroatoms. The third kappa shape index (κ3) is 4.65. The predicted octanol–water partition coefficient (Wildman–Crippen LogP) is 4.07. The van der Waals surface area contributed by atoms with Gasteiger partial charge in [-0.05, 0) is 30.0 Å². The zero-order valence-electron chi connectivity index (χ0n) is 15.8. The molecule has 1 saturated carbocycles. The van der Waals surface area contributed by atoms with Gasteiger partial charge < -0.3 is 10.1 Å². The zero-order chi connectivity index (χ0) is 20.0. The molecule has 0 saturated heterocycles. The summed E-state index contributed by atoms with van der Waals surface area (Å²) in [5.41, 5.74) is 2.10. The number of hydrogen-bond acceptors (Lipinski definition) is 5. The molecule has 2 aromatic rings. The Hall–Kier alpha value is -2.54. The fourth-order valence-electron chi connectivity index (χ4n) is 3.51. The van der Waals surface area contributed by atoms with Gasteiger partial charge in [0.25, 0.3) is 0 Å². The fourth-order valence-corrected chi connectivity index (χ4v) is 4.32. The lowest BCUT2D eigenvalue weighted by Crippen LogP contribution is -2.46. The van der Waals surface area contributed by atoms with Gasteiger partial charge in [-0.2, -0.15) is 0 Å². The van der Waals surface area contributed by atoms with Gasteiger partial charge in [0.05, 0.1) is 17.8 Å². The number of benzene rings is 2. The summed E-state index contributed by atoms with van der Waals surface area (Å²) in [4.78, 5) is 22.9. The number of nitrogens with one attached hydrogen (secondary N) is 1. The van der Waals surface area contributed by atoms with Crippen LogP contribution in [0.15, 0.2) is 48.5 Å². The molecule has 1 amide bonds. The lowest BCUT2D eigenvalue weighted by molar-refractivity contribution is -0.385. The molecular formula is C21H24N2O4S. The first-order valence-corrected chi connectivity index (χ1v) is 10.4. The third-order valence-corrected chi connectivity index (χ3v) is 6.27. The summed E-state index contributed by atoms with van der Waals surface area (Å²) in [5.74, 6) is 1.09. The summed E-state index contributed by atoms with van der Waals surface area (Å²) in [5, 5.41) is 14.2. The van der Waals surface area contributed by atoms with Crippen molar-refractivity contribution in [2.24, 2.45) is 0 Å². The molecule has 0 heterocycles. The van der Waals surface area contributed by atoms with Gasteiger partial charge in [-0.3, -0.25) is 14.9 Å². The number of ether oxygens (including phenoxy) is 1. The molecule has 2 aromatic carbocycles. The van der Waals surface area contributed by atoms with Gasteiger partial charge in [-0.1, -0.05) is 42.8 Å². The van der Waals surface area contributed by atoms with Crippen molar-refractivity contribution in [3.63, 3.8) is 0 Å². The molecule has 1 N–H and O–H groups in total. The molecule has 0 atom stereocenters. The van der Waals surface area contributed by atoms with Crippen LogP contribution < -0.4 is 10.1 Å². The second kappa shape index (κ2) is 9.10. The van der Waals surface area contributed by atoms with Gasteiger partial charge in [0.2, 0.25) is 5.91 Å². The van der Waals surface area contributed by atoms with Crippen molar-refractivity contribution < 1.29 is 14.5 Å². The van der Waals surface area contributed by atoms with E-state index in [-0.39, 0.29) is 22.8 Å². The summed E-state index contributed by atoms with van der Waals surface area (Å²) in [6.07, 6.45) is 3.38. The van der Waals surface area contributed by atoms with Crippen LogP contribution in [0, 0.1) is 10.1 Å². The number of carbonyl (C=O) groups excluding carboxylic acids is 1. The zero-order valence-corrected chi connectivity index (χ0v) is 16.7. The molecular weight excluding hydrogens is 376 g/mol. The van der Waals surface area contributed by atoms with Gasteiger partial charge >= 0.3 is 5.69 Å². The molecule has 148 valence electrons. The fraction of sp³-hybridized carbons (Fsp3) is 0.381. The second-order valence-corrected chi connectivity index (χ2v) is 8.02. The summed E-state index contributed by atoms with van der Waals surface area (Å²) < 4.78 is 5.01. The summed E-state index contributed by atoms with van der Waals surface area (Å²) in [6.45, 7) is 0.657. The highest BCUT2D eigenvalue weighted by Crippen LogP contribution is 2.43. The maximum absolute atomic E-state index is 12.3. The van der Waals surface area contributed by atoms with E-state index >= 15 is 0 Å². The molecule has 0 bridgehead atoms. The molecule has 0 aliphatic heterocycles. The Morgan fingerprint density at radius 2 is 2.00 bits per heavy atom. The van der Waals surface area contributed by atoms with Crippen molar-refractivity contribution in [1.82, 2.24) is 5.32 Å². The van der Waals surface area contributed by atoms with Crippen LogP contribution in [0.25, 0.3) is 0 Å². The van der Waals surface area contributed by atoms with E-state index < -0.39 is 4.92 Å². The Balaban J connectivity index is 1.49. The molecule has 1 fully saturated rings. The lowest BCUT2D eigenvalue weighted by Gasteiger charge is -2.42. The highest BCUT2D eigenvalue weighted by atomic mass is 32.2. The largest absolute Gasteiger partial charge is 0.490 e. The van der Waals surface area contributed by atoms with Crippen LogP contribution in [0.5, 0.6) is 5.75 Å². The van der Waals surface area contributed by atoms with Crippen molar-refractivity contribution in [3.8, 4) is 5.75 Å². The average molecular weight is 401 g/mol. The van der Waals surface area contributed by atoms with Crippen molar-refractivity contribution in [1.29, 1.82) is 0 Å². The SMILES string of the molecule is COc1ccc(CSCC(=O)NCC2(c3ccccc3)CCC2)cc1[N+](=O)[O-]. The van der Waals surface area contributed by atoms with E-state index in [2.05, 4.69) is 17.4 Å². The van der Waals surface area contributed by atoms with Gasteiger partial charge in [0.1, 0.15) is 0 Å². The van der Waals surface area contributed by atoms with E-state index in [1.165, 1.54) is 36.9 Å². The number of carbonyl (C=O) groups is 1. The van der Waals surface area contributed by atoms with Crippen molar-refractivity contribution in [2.75, 3.05) is 19.4 Å². The average Bonchev–Trinajstić information content (AvgIpc) is 2.68. The maximum Gasteiger partial charge on any atom is 0.311 e. The molecule has 0 aromatic heterocycles. The van der Waals surface area contributed by atoms with Crippen molar-refractivity contribution >= 4 is 23.4 Å². The van der Waals surface area contributed by atoms with E-state index in [1.54, 1.807) is 12.1 Å². The first-order chi connectivity index (χ1) is 13.5. The summed E-state index contributed by atoms with van der Waals surface area (Å²) >= 11 is 1.44. The van der Waals surface area contributed by atoms with E-state index in [1.807, 2.05) is 18.2 Å². The number of hydrogen-bond donors (Lipinski definition) is 1. The van der Waals surface area contributed by atoms with E-state index in [0.29, 0.717) is 18.1 Å². The number of nitro benzene ring substituents is 1. The highest BCUT2D eigenvalue weighted by Gasteiger charge is 2.38. The van der Waals surface area contributed by atoms with Gasteiger partial charge in [0, 0.05) is 23.8 Å². The first kappa shape index (κ1) is 20.2. The smallest absolute Gasteiger partial charge is 0.311 e. The van der Waals surface area contributed by atoms with Crippen molar-refractivity contribution in [2.45, 2.75) is 30.4 Å². The number of nitrogens with zero attached hydrogens (tertiary/aromatic N) is 1. The Labute approximate surface area is 168 Å². The first-order valence-electron chi connectivity index (χ1n) is 9.25. The van der Waals surface area contributed by atoms with Gasteiger partial charge in [0.15, 0.2) is 5.75 Å². The molecule has 6 nitrogen and oxygen atoms in total. The number of rotatable bonds is 9. The van der Waals surface area contributed by atoms with Crippen molar-refractivity contribution in [3.05, 3.63) is 69.8 Å². The van der Waals surface area contributed by atoms with Crippen LogP contribution in [0.4, 0.5) is 5.69 Å². The summed E-state index contributed by atoms with van der Waals surface area (Å²) in [7, 11) is 1.41. The molecule has 0 spiro atoms. The topological polar surface area (TPSA) is 81.5 Å². The Morgan fingerprint density at radius 1 is 1.25 bits per heavy atom. The number of amides is 1. The Kier molecular flexibility index (Phi) is 6.57. The number of nitro groups is 1. The van der Waals surface area contributed by atoms with Gasteiger partial charge in [-0.25, -0.2) is 0 Å². The lowest BCUT2D eigenvalue weighted by atomic mass is 9.64. The van der Waals surface area contributed by atoms with Crippen LogP contribution in [-0.2, 0) is 16.0 Å². The number of thioether (sulfide) groups is 1. The molecule has 0 radical (unpaired) electrons. The molecule has 3 rings (SSSR count). The predicted molar refractivity (Wildman–Crippen MR) is 111 cm³/mol. The van der Waals surface area contributed by atoms with Crippen LogP contribution in [0.1, 0.15) is 30.4 Å². The minimum atomic E-state index is -0.457. The number of methoxy groups -OCH3 is 1. The minimum absolute atomic E-state index is 0.00443. The van der Waals surface area contributed by atoms with Crippen LogP contribution in [0.2, 0.25) is 0 Å². The van der Waals surface area contributed by atoms with Crippen LogP contribution >= 0.6 is 11.8 Å². The summed E-state index contributed by atoms with van der Waals surface area (Å²) in [6, 6.07) is 15.2.